The van der Waals surface area contributed by atoms with Gasteiger partial charge in [0.05, 0.1) is 0 Å². The molecule has 1 aromatic heterocycles. The van der Waals surface area contributed by atoms with Crippen LogP contribution in [0.15, 0.2) is 21.3 Å². The van der Waals surface area contributed by atoms with Crippen molar-refractivity contribution in [2.75, 3.05) is 0 Å². The molecule has 29 heavy (non-hydrogen) atoms. The number of benzene rings is 1. The molecule has 1 unspecified atom stereocenters. The summed E-state index contributed by atoms with van der Waals surface area (Å²) in [6.45, 7) is 8.47. The van der Waals surface area contributed by atoms with Crippen LogP contribution in [0, 0.1) is 6.92 Å². The van der Waals surface area contributed by atoms with E-state index in [1.807, 2.05) is 6.07 Å². The van der Waals surface area contributed by atoms with Gasteiger partial charge in [-0.1, -0.05) is 0 Å². The lowest BCUT2D eigenvalue weighted by Gasteiger charge is -2.21. The lowest BCUT2D eigenvalue weighted by Crippen LogP contribution is -2.43. The number of aryl methyl sites for hydroxylation is 2. The topological polar surface area (TPSA) is 94.8 Å². The van der Waals surface area contributed by atoms with Gasteiger partial charge in [-0.25, -0.2) is 14.4 Å². The van der Waals surface area contributed by atoms with Crippen molar-refractivity contribution in [1.82, 2.24) is 5.32 Å². The molecule has 0 spiro atoms. The zero-order valence-electron chi connectivity index (χ0n) is 17.5. The molecule has 0 saturated heterocycles. The summed E-state index contributed by atoms with van der Waals surface area (Å²) in [5, 5.41) is 3.34. The summed E-state index contributed by atoms with van der Waals surface area (Å²) < 4.78 is 16.2. The van der Waals surface area contributed by atoms with Gasteiger partial charge in [0.15, 0.2) is 0 Å². The van der Waals surface area contributed by atoms with E-state index in [0.29, 0.717) is 16.9 Å². The molecule has 0 radical (unpaired) electrons. The van der Waals surface area contributed by atoms with Crippen LogP contribution in [0.3, 0.4) is 0 Å². The highest BCUT2D eigenvalue weighted by Gasteiger charge is 2.24. The van der Waals surface area contributed by atoms with E-state index >= 15 is 0 Å². The number of nitrogens with one attached hydrogen (secondary N) is 1. The van der Waals surface area contributed by atoms with Crippen LogP contribution >= 0.6 is 0 Å². The van der Waals surface area contributed by atoms with Crippen molar-refractivity contribution in [2.24, 2.45) is 0 Å². The predicted molar refractivity (Wildman–Crippen MR) is 108 cm³/mol. The molecular formula is C22H27NO6. The van der Waals surface area contributed by atoms with Crippen molar-refractivity contribution in [2.45, 2.75) is 71.9 Å². The fourth-order valence-corrected chi connectivity index (χ4v) is 3.48. The fourth-order valence-electron chi connectivity index (χ4n) is 3.48. The molecule has 1 aliphatic rings. The number of carbonyl (C=O) groups is 2. The molecule has 1 amide bonds. The molecule has 2 aromatic rings. The summed E-state index contributed by atoms with van der Waals surface area (Å²) in [4.78, 5) is 36.6. The molecule has 3 rings (SSSR count). The van der Waals surface area contributed by atoms with Gasteiger partial charge in [-0.3, -0.25) is 0 Å². The standard InChI is InChI=1S/C22H27NO6/c1-12-17(27-19(24)13(2)23-21(26)29-22(3,4)5)11-10-15-14-8-6-7-9-16(14)20(25)28-18(12)15/h10-11,13H,6-9H2,1-5H3,(H,23,26). The molecule has 1 heterocycles. The number of hydrogen-bond donors (Lipinski definition) is 1. The maximum Gasteiger partial charge on any atom is 0.408 e. The maximum atomic E-state index is 12.4. The zero-order valence-corrected chi connectivity index (χ0v) is 17.5. The smallest absolute Gasteiger partial charge is 0.408 e. The van der Waals surface area contributed by atoms with Gasteiger partial charge in [-0.05, 0) is 78.0 Å². The summed E-state index contributed by atoms with van der Waals surface area (Å²) in [6.07, 6.45) is 2.90. The second-order valence-corrected chi connectivity index (χ2v) is 8.41. The Kier molecular flexibility index (Phi) is 5.68. The van der Waals surface area contributed by atoms with E-state index in [2.05, 4.69) is 5.32 Å². The van der Waals surface area contributed by atoms with Crippen LogP contribution in [0.25, 0.3) is 11.0 Å². The van der Waals surface area contributed by atoms with E-state index in [-0.39, 0.29) is 5.63 Å². The van der Waals surface area contributed by atoms with E-state index in [1.54, 1.807) is 33.8 Å². The minimum atomic E-state index is -0.907. The first-order chi connectivity index (χ1) is 13.6. The summed E-state index contributed by atoms with van der Waals surface area (Å²) in [7, 11) is 0. The van der Waals surface area contributed by atoms with Gasteiger partial charge in [0, 0.05) is 16.5 Å². The molecule has 1 atom stereocenters. The highest BCUT2D eigenvalue weighted by atomic mass is 16.6. The number of alkyl carbamates (subject to hydrolysis) is 1. The molecular weight excluding hydrogens is 374 g/mol. The Morgan fingerprint density at radius 2 is 1.79 bits per heavy atom. The Bertz CT molecular complexity index is 1010. The molecule has 1 N–H and O–H groups in total. The quantitative estimate of drug-likeness (QED) is 0.478. The Labute approximate surface area is 169 Å². The molecule has 156 valence electrons. The number of hydrogen-bond acceptors (Lipinski definition) is 6. The minimum absolute atomic E-state index is 0.291. The monoisotopic (exact) mass is 401 g/mol. The molecule has 0 bridgehead atoms. The molecule has 7 nitrogen and oxygen atoms in total. The maximum absolute atomic E-state index is 12.4. The molecule has 0 saturated carbocycles. The third-order valence-electron chi connectivity index (χ3n) is 4.89. The number of ether oxygens (including phenoxy) is 2. The average molecular weight is 401 g/mol. The first-order valence-corrected chi connectivity index (χ1v) is 9.86. The van der Waals surface area contributed by atoms with Gasteiger partial charge >= 0.3 is 17.7 Å². The van der Waals surface area contributed by atoms with Gasteiger partial charge in [0.25, 0.3) is 0 Å². The van der Waals surface area contributed by atoms with Crippen LogP contribution in [0.1, 0.15) is 57.2 Å². The molecule has 1 aromatic carbocycles. The van der Waals surface area contributed by atoms with Crippen LogP contribution in [0.4, 0.5) is 4.79 Å². The van der Waals surface area contributed by atoms with Crippen LogP contribution in [-0.2, 0) is 22.4 Å². The highest BCUT2D eigenvalue weighted by molar-refractivity contribution is 5.88. The van der Waals surface area contributed by atoms with Crippen LogP contribution in [0.2, 0.25) is 0 Å². The van der Waals surface area contributed by atoms with E-state index in [9.17, 15) is 14.4 Å². The minimum Gasteiger partial charge on any atom is -0.444 e. The second kappa shape index (κ2) is 7.89. The average Bonchev–Trinajstić information content (AvgIpc) is 2.63. The lowest BCUT2D eigenvalue weighted by molar-refractivity contribution is -0.136. The number of esters is 1. The van der Waals surface area contributed by atoms with Crippen LogP contribution in [-0.4, -0.2) is 23.7 Å². The van der Waals surface area contributed by atoms with E-state index in [1.165, 1.54) is 6.92 Å². The van der Waals surface area contributed by atoms with Crippen molar-refractivity contribution < 1.29 is 23.5 Å². The third-order valence-corrected chi connectivity index (χ3v) is 4.89. The van der Waals surface area contributed by atoms with Gasteiger partial charge in [0.2, 0.25) is 0 Å². The van der Waals surface area contributed by atoms with Crippen LogP contribution < -0.4 is 15.7 Å². The Hall–Kier alpha value is -2.83. The number of rotatable bonds is 3. The summed E-state index contributed by atoms with van der Waals surface area (Å²) >= 11 is 0. The first kappa shape index (κ1) is 20.9. The molecule has 7 heteroatoms. The summed E-state index contributed by atoms with van der Waals surface area (Å²) in [5.41, 5.74) is 1.81. The third kappa shape index (κ3) is 4.60. The van der Waals surface area contributed by atoms with Crippen LogP contribution in [0.5, 0.6) is 5.75 Å². The van der Waals surface area contributed by atoms with Crippen molar-refractivity contribution >= 4 is 23.0 Å². The number of fused-ring (bicyclic) bond motifs is 3. The molecule has 0 aliphatic heterocycles. The Morgan fingerprint density at radius 1 is 1.14 bits per heavy atom. The second-order valence-electron chi connectivity index (χ2n) is 8.41. The zero-order chi connectivity index (χ0) is 21.3. The van der Waals surface area contributed by atoms with Crippen molar-refractivity contribution in [3.8, 4) is 5.75 Å². The van der Waals surface area contributed by atoms with E-state index in [0.717, 1.165) is 42.2 Å². The fraction of sp³-hybridized carbons (Fsp3) is 0.500. The van der Waals surface area contributed by atoms with Gasteiger partial charge in [-0.2, -0.15) is 0 Å². The Morgan fingerprint density at radius 3 is 2.45 bits per heavy atom. The van der Waals surface area contributed by atoms with E-state index in [4.69, 9.17) is 13.9 Å². The largest absolute Gasteiger partial charge is 0.444 e. The van der Waals surface area contributed by atoms with Gasteiger partial charge in [-0.15, -0.1) is 0 Å². The first-order valence-electron chi connectivity index (χ1n) is 9.86. The Balaban J connectivity index is 1.82. The van der Waals surface area contributed by atoms with Gasteiger partial charge < -0.3 is 19.2 Å². The molecule has 0 fully saturated rings. The SMILES string of the molecule is Cc1c(OC(=O)C(C)NC(=O)OC(C)(C)C)ccc2c3c(c(=O)oc12)CCCC3. The van der Waals surface area contributed by atoms with E-state index < -0.39 is 23.7 Å². The van der Waals surface area contributed by atoms with Crippen molar-refractivity contribution in [1.29, 1.82) is 0 Å². The van der Waals surface area contributed by atoms with Crippen molar-refractivity contribution in [3.63, 3.8) is 0 Å². The van der Waals surface area contributed by atoms with Gasteiger partial charge in [0.1, 0.15) is 23.0 Å². The predicted octanol–water partition coefficient (Wildman–Crippen LogP) is 3.80. The highest BCUT2D eigenvalue weighted by Crippen LogP contribution is 2.32. The molecule has 1 aliphatic carbocycles. The lowest BCUT2D eigenvalue weighted by atomic mass is 9.90. The normalized spacial score (nSPS) is 14.8. The number of carbonyl (C=O) groups excluding carboxylic acids is 2. The number of amides is 1. The van der Waals surface area contributed by atoms with Crippen molar-refractivity contribution in [3.05, 3.63) is 39.2 Å². The summed E-state index contributed by atoms with van der Waals surface area (Å²) in [5.74, 6) is -0.349. The summed E-state index contributed by atoms with van der Waals surface area (Å²) in [6, 6.07) is 2.62.